The maximum Gasteiger partial charge on any atom is 0.258 e. The maximum absolute atomic E-state index is 8.84. The first kappa shape index (κ1) is 16.9. The minimum absolute atomic E-state index is 0.0758. The number of piperidine rings is 1. The zero-order valence-electron chi connectivity index (χ0n) is 14.2. The predicted octanol–water partition coefficient (Wildman–Crippen LogP) is 2.23. The summed E-state index contributed by atoms with van der Waals surface area (Å²) in [5.41, 5.74) is 0.887. The topological polar surface area (TPSA) is 84.5 Å². The van der Waals surface area contributed by atoms with E-state index in [1.165, 1.54) is 0 Å². The molecule has 0 amide bonds. The lowest BCUT2D eigenvalue weighted by Gasteiger charge is -2.32. The molecule has 130 valence electrons. The van der Waals surface area contributed by atoms with Crippen LogP contribution in [0.5, 0.6) is 0 Å². The Morgan fingerprint density at radius 3 is 2.83 bits per heavy atom. The second kappa shape index (κ2) is 7.72. The van der Waals surface area contributed by atoms with E-state index in [4.69, 9.17) is 14.4 Å². The van der Waals surface area contributed by atoms with Crippen LogP contribution in [-0.2, 0) is 4.74 Å². The van der Waals surface area contributed by atoms with Crippen molar-refractivity contribution in [3.8, 4) is 11.5 Å². The number of nitrogens with zero attached hydrogens (tertiary/aromatic N) is 4. The fraction of sp³-hybridized carbons (Fsp3) is 0.588. The normalized spacial score (nSPS) is 16.1. The molecule has 24 heavy (non-hydrogen) atoms. The number of hydrogen-bond acceptors (Lipinski definition) is 7. The third-order valence-electron chi connectivity index (χ3n) is 4.16. The first-order chi connectivity index (χ1) is 11.7. The molecule has 3 heterocycles. The Morgan fingerprint density at radius 1 is 1.38 bits per heavy atom. The van der Waals surface area contributed by atoms with Crippen molar-refractivity contribution in [2.75, 3.05) is 31.2 Å². The highest BCUT2D eigenvalue weighted by Gasteiger charge is 2.21. The first-order valence-corrected chi connectivity index (χ1v) is 8.45. The zero-order valence-corrected chi connectivity index (χ0v) is 14.2. The van der Waals surface area contributed by atoms with E-state index < -0.39 is 0 Å². The largest absolute Gasteiger partial charge is 0.394 e. The van der Waals surface area contributed by atoms with Gasteiger partial charge in [-0.15, -0.1) is 0 Å². The van der Waals surface area contributed by atoms with Gasteiger partial charge in [0.05, 0.1) is 19.3 Å². The second-order valence-electron chi connectivity index (χ2n) is 6.30. The van der Waals surface area contributed by atoms with Crippen LogP contribution in [0.2, 0.25) is 0 Å². The fourth-order valence-electron chi connectivity index (χ4n) is 2.78. The monoisotopic (exact) mass is 332 g/mol. The lowest BCUT2D eigenvalue weighted by molar-refractivity contribution is 0.0158. The van der Waals surface area contributed by atoms with E-state index in [1.807, 2.05) is 26.0 Å². The van der Waals surface area contributed by atoms with Crippen LogP contribution in [0.15, 0.2) is 22.9 Å². The summed E-state index contributed by atoms with van der Waals surface area (Å²) in [6.07, 6.45) is 3.87. The molecule has 0 aromatic carbocycles. The molecule has 0 atom stereocenters. The van der Waals surface area contributed by atoms with Gasteiger partial charge in [0.1, 0.15) is 5.82 Å². The van der Waals surface area contributed by atoms with Crippen LogP contribution >= 0.6 is 0 Å². The van der Waals surface area contributed by atoms with Gasteiger partial charge in [0, 0.05) is 30.8 Å². The molecule has 0 spiro atoms. The first-order valence-electron chi connectivity index (χ1n) is 8.45. The van der Waals surface area contributed by atoms with Gasteiger partial charge in [-0.3, -0.25) is 0 Å². The summed E-state index contributed by atoms with van der Waals surface area (Å²) < 4.78 is 11.0. The SMILES string of the molecule is CC(C)c1noc(-c2ccnc(N3CCC(OCCO)CC3)c2)n1. The number of aliphatic hydroxyl groups excluding tert-OH is 1. The fourth-order valence-corrected chi connectivity index (χ4v) is 2.78. The third-order valence-corrected chi connectivity index (χ3v) is 4.16. The number of ether oxygens (including phenoxy) is 1. The van der Waals surface area contributed by atoms with Gasteiger partial charge in [0.25, 0.3) is 5.89 Å². The summed E-state index contributed by atoms with van der Waals surface area (Å²) >= 11 is 0. The van der Waals surface area contributed by atoms with E-state index in [9.17, 15) is 0 Å². The van der Waals surface area contributed by atoms with Crippen molar-refractivity contribution >= 4 is 5.82 Å². The average molecular weight is 332 g/mol. The van der Waals surface area contributed by atoms with Crippen molar-refractivity contribution in [2.24, 2.45) is 0 Å². The standard InChI is InChI=1S/C17H24N4O3/c1-12(2)16-19-17(24-20-16)13-3-6-18-15(11-13)21-7-4-14(5-8-21)23-10-9-22/h3,6,11-12,14,22H,4-5,7-10H2,1-2H3. The number of aliphatic hydroxyl groups is 1. The number of hydrogen-bond donors (Lipinski definition) is 1. The number of anilines is 1. The second-order valence-corrected chi connectivity index (χ2v) is 6.30. The van der Waals surface area contributed by atoms with Crippen LogP contribution in [-0.4, -0.2) is 52.6 Å². The van der Waals surface area contributed by atoms with E-state index in [1.54, 1.807) is 6.20 Å². The summed E-state index contributed by atoms with van der Waals surface area (Å²) in [5, 5.41) is 12.9. The lowest BCUT2D eigenvalue weighted by atomic mass is 10.1. The Hall–Kier alpha value is -1.99. The molecule has 2 aromatic heterocycles. The Bertz CT molecular complexity index is 651. The van der Waals surface area contributed by atoms with Crippen LogP contribution in [0.3, 0.4) is 0 Å². The molecule has 1 aliphatic rings. The van der Waals surface area contributed by atoms with Gasteiger partial charge < -0.3 is 19.3 Å². The highest BCUT2D eigenvalue weighted by atomic mass is 16.5. The molecule has 0 saturated carbocycles. The molecule has 3 rings (SSSR count). The van der Waals surface area contributed by atoms with Crippen molar-refractivity contribution in [3.63, 3.8) is 0 Å². The molecule has 1 aliphatic heterocycles. The summed E-state index contributed by atoms with van der Waals surface area (Å²) in [5.74, 6) is 2.40. The van der Waals surface area contributed by atoms with E-state index in [2.05, 4.69) is 20.0 Å². The molecule has 1 fully saturated rings. The summed E-state index contributed by atoms with van der Waals surface area (Å²) in [7, 11) is 0. The Labute approximate surface area is 141 Å². The van der Waals surface area contributed by atoms with Gasteiger partial charge >= 0.3 is 0 Å². The highest BCUT2D eigenvalue weighted by Crippen LogP contribution is 2.25. The summed E-state index contributed by atoms with van der Waals surface area (Å²) in [4.78, 5) is 11.2. The summed E-state index contributed by atoms with van der Waals surface area (Å²) in [6, 6.07) is 3.88. The van der Waals surface area contributed by atoms with Crippen LogP contribution in [0.4, 0.5) is 5.82 Å². The zero-order chi connectivity index (χ0) is 16.9. The lowest BCUT2D eigenvalue weighted by Crippen LogP contribution is -2.37. The Balaban J connectivity index is 1.67. The molecule has 1 N–H and O–H groups in total. The average Bonchev–Trinajstić information content (AvgIpc) is 3.11. The van der Waals surface area contributed by atoms with Gasteiger partial charge in [-0.05, 0) is 25.0 Å². The molecule has 0 aliphatic carbocycles. The van der Waals surface area contributed by atoms with Crippen molar-refractivity contribution in [1.82, 2.24) is 15.1 Å². The van der Waals surface area contributed by atoms with Gasteiger partial charge in [0.2, 0.25) is 0 Å². The van der Waals surface area contributed by atoms with E-state index in [-0.39, 0.29) is 18.6 Å². The minimum Gasteiger partial charge on any atom is -0.394 e. The van der Waals surface area contributed by atoms with Gasteiger partial charge in [-0.25, -0.2) is 4.98 Å². The van der Waals surface area contributed by atoms with E-state index >= 15 is 0 Å². The molecule has 0 unspecified atom stereocenters. The van der Waals surface area contributed by atoms with Crippen molar-refractivity contribution in [3.05, 3.63) is 24.2 Å². The molecule has 2 aromatic rings. The molecule has 0 radical (unpaired) electrons. The number of pyridine rings is 1. The van der Waals surface area contributed by atoms with E-state index in [0.29, 0.717) is 18.3 Å². The number of rotatable bonds is 6. The molecular weight excluding hydrogens is 308 g/mol. The van der Waals surface area contributed by atoms with Gasteiger partial charge in [-0.1, -0.05) is 19.0 Å². The summed E-state index contributed by atoms with van der Waals surface area (Å²) in [6.45, 7) is 6.33. The molecule has 0 bridgehead atoms. The van der Waals surface area contributed by atoms with Gasteiger partial charge in [0.15, 0.2) is 5.82 Å². The Morgan fingerprint density at radius 2 is 2.17 bits per heavy atom. The van der Waals surface area contributed by atoms with Crippen LogP contribution in [0.1, 0.15) is 38.4 Å². The van der Waals surface area contributed by atoms with Crippen LogP contribution in [0, 0.1) is 0 Å². The van der Waals surface area contributed by atoms with Crippen molar-refractivity contribution < 1.29 is 14.4 Å². The molecule has 7 heteroatoms. The Kier molecular flexibility index (Phi) is 5.42. The highest BCUT2D eigenvalue weighted by molar-refractivity contribution is 5.58. The van der Waals surface area contributed by atoms with E-state index in [0.717, 1.165) is 37.3 Å². The molecule has 1 saturated heterocycles. The van der Waals surface area contributed by atoms with Crippen LogP contribution < -0.4 is 4.90 Å². The van der Waals surface area contributed by atoms with Crippen LogP contribution in [0.25, 0.3) is 11.5 Å². The molecular formula is C17H24N4O3. The van der Waals surface area contributed by atoms with Crippen molar-refractivity contribution in [2.45, 2.75) is 38.7 Å². The number of aromatic nitrogens is 3. The quantitative estimate of drug-likeness (QED) is 0.868. The van der Waals surface area contributed by atoms with Gasteiger partial charge in [-0.2, -0.15) is 4.98 Å². The smallest absolute Gasteiger partial charge is 0.258 e. The minimum atomic E-state index is 0.0758. The predicted molar refractivity (Wildman–Crippen MR) is 89.9 cm³/mol. The molecule has 7 nitrogen and oxygen atoms in total. The third kappa shape index (κ3) is 3.91. The maximum atomic E-state index is 8.84. The van der Waals surface area contributed by atoms with Crippen molar-refractivity contribution in [1.29, 1.82) is 0 Å².